The third kappa shape index (κ3) is 2.93. The van der Waals surface area contributed by atoms with Gasteiger partial charge >= 0.3 is 0 Å². The SMILES string of the molecule is COc1ccc(C(=O)Nc2ccc3c(c2)C(=O)N(CC#N)C3=O)cc1. The molecule has 1 aliphatic heterocycles. The molecule has 0 unspecified atom stereocenters. The van der Waals surface area contributed by atoms with Crippen LogP contribution in [0, 0.1) is 11.3 Å². The number of anilines is 1. The number of methoxy groups -OCH3 is 1. The van der Waals surface area contributed by atoms with Gasteiger partial charge in [0.2, 0.25) is 0 Å². The van der Waals surface area contributed by atoms with Gasteiger partial charge in [-0.25, -0.2) is 0 Å². The smallest absolute Gasteiger partial charge is 0.262 e. The zero-order valence-electron chi connectivity index (χ0n) is 13.3. The van der Waals surface area contributed by atoms with Gasteiger partial charge in [0.15, 0.2) is 0 Å². The van der Waals surface area contributed by atoms with E-state index in [0.29, 0.717) is 17.0 Å². The van der Waals surface area contributed by atoms with Crippen LogP contribution in [0.1, 0.15) is 31.1 Å². The molecular formula is C18H13N3O4. The molecule has 3 amide bonds. The summed E-state index contributed by atoms with van der Waals surface area (Å²) < 4.78 is 5.04. The van der Waals surface area contributed by atoms with E-state index in [1.54, 1.807) is 36.4 Å². The summed E-state index contributed by atoms with van der Waals surface area (Å²) >= 11 is 0. The number of rotatable bonds is 4. The van der Waals surface area contributed by atoms with E-state index >= 15 is 0 Å². The second-order valence-corrected chi connectivity index (χ2v) is 5.30. The fourth-order valence-corrected chi connectivity index (χ4v) is 2.53. The van der Waals surface area contributed by atoms with Gasteiger partial charge in [-0.2, -0.15) is 5.26 Å². The molecule has 25 heavy (non-hydrogen) atoms. The van der Waals surface area contributed by atoms with E-state index in [9.17, 15) is 14.4 Å². The molecule has 2 aromatic rings. The largest absolute Gasteiger partial charge is 0.497 e. The topological polar surface area (TPSA) is 99.5 Å². The van der Waals surface area contributed by atoms with Gasteiger partial charge in [0.25, 0.3) is 17.7 Å². The Kier molecular flexibility index (Phi) is 4.18. The van der Waals surface area contributed by atoms with Crippen molar-refractivity contribution in [2.24, 2.45) is 0 Å². The first-order chi connectivity index (χ1) is 12.0. The molecule has 0 atom stereocenters. The molecule has 0 bridgehead atoms. The Balaban J connectivity index is 1.82. The number of nitriles is 1. The number of fused-ring (bicyclic) bond motifs is 1. The van der Waals surface area contributed by atoms with Crippen molar-refractivity contribution in [2.75, 3.05) is 19.0 Å². The van der Waals surface area contributed by atoms with Gasteiger partial charge in [-0.1, -0.05) is 0 Å². The van der Waals surface area contributed by atoms with Gasteiger partial charge in [-0.05, 0) is 42.5 Å². The maximum atomic E-state index is 12.3. The van der Waals surface area contributed by atoms with Gasteiger partial charge in [-0.15, -0.1) is 0 Å². The van der Waals surface area contributed by atoms with Crippen LogP contribution in [0.2, 0.25) is 0 Å². The summed E-state index contributed by atoms with van der Waals surface area (Å²) in [7, 11) is 1.54. The maximum Gasteiger partial charge on any atom is 0.262 e. The summed E-state index contributed by atoms with van der Waals surface area (Å²) in [6.07, 6.45) is 0. The van der Waals surface area contributed by atoms with E-state index in [1.165, 1.54) is 19.2 Å². The van der Waals surface area contributed by atoms with Crippen molar-refractivity contribution in [3.63, 3.8) is 0 Å². The van der Waals surface area contributed by atoms with Crippen LogP contribution in [0.5, 0.6) is 5.75 Å². The van der Waals surface area contributed by atoms with Crippen LogP contribution in [-0.4, -0.2) is 36.3 Å². The van der Waals surface area contributed by atoms with Crippen LogP contribution in [0.25, 0.3) is 0 Å². The number of hydrogen-bond acceptors (Lipinski definition) is 5. The van der Waals surface area contributed by atoms with Crippen LogP contribution < -0.4 is 10.1 Å². The molecule has 2 aromatic carbocycles. The number of benzene rings is 2. The molecule has 0 radical (unpaired) electrons. The quantitative estimate of drug-likeness (QED) is 0.681. The van der Waals surface area contributed by atoms with Crippen molar-refractivity contribution in [3.8, 4) is 11.8 Å². The minimum atomic E-state index is -0.540. The molecule has 0 saturated heterocycles. The first-order valence-corrected chi connectivity index (χ1v) is 7.37. The van der Waals surface area contributed by atoms with Crippen molar-refractivity contribution in [1.82, 2.24) is 4.90 Å². The fourth-order valence-electron chi connectivity index (χ4n) is 2.53. The third-order valence-corrected chi connectivity index (χ3v) is 3.81. The number of imide groups is 1. The van der Waals surface area contributed by atoms with Crippen molar-refractivity contribution in [1.29, 1.82) is 5.26 Å². The number of hydrogen-bond donors (Lipinski definition) is 1. The number of nitrogens with zero attached hydrogens (tertiary/aromatic N) is 2. The van der Waals surface area contributed by atoms with Crippen molar-refractivity contribution in [3.05, 3.63) is 59.2 Å². The Morgan fingerprint density at radius 2 is 1.80 bits per heavy atom. The molecule has 0 saturated carbocycles. The van der Waals surface area contributed by atoms with E-state index in [2.05, 4.69) is 5.32 Å². The van der Waals surface area contributed by atoms with E-state index < -0.39 is 11.8 Å². The second-order valence-electron chi connectivity index (χ2n) is 5.30. The predicted octanol–water partition coefficient (Wildman–Crippen LogP) is 2.07. The molecule has 3 rings (SSSR count). The van der Waals surface area contributed by atoms with E-state index in [0.717, 1.165) is 4.90 Å². The molecule has 7 heteroatoms. The van der Waals surface area contributed by atoms with Crippen LogP contribution >= 0.6 is 0 Å². The highest BCUT2D eigenvalue weighted by atomic mass is 16.5. The van der Waals surface area contributed by atoms with Crippen molar-refractivity contribution in [2.45, 2.75) is 0 Å². The lowest BCUT2D eigenvalue weighted by molar-refractivity contribution is 0.0673. The number of ether oxygens (including phenoxy) is 1. The fraction of sp³-hybridized carbons (Fsp3) is 0.111. The van der Waals surface area contributed by atoms with Crippen LogP contribution in [-0.2, 0) is 0 Å². The lowest BCUT2D eigenvalue weighted by atomic mass is 10.1. The summed E-state index contributed by atoms with van der Waals surface area (Å²) in [6.45, 7) is -0.306. The number of amides is 3. The van der Waals surface area contributed by atoms with Gasteiger partial charge in [0.1, 0.15) is 12.3 Å². The molecule has 0 spiro atoms. The molecule has 7 nitrogen and oxygen atoms in total. The summed E-state index contributed by atoms with van der Waals surface area (Å²) in [6, 6.07) is 12.8. The summed E-state index contributed by atoms with van der Waals surface area (Å²) in [5.74, 6) is -0.763. The zero-order valence-corrected chi connectivity index (χ0v) is 13.3. The minimum absolute atomic E-state index is 0.174. The lowest BCUT2D eigenvalue weighted by Gasteiger charge is -2.07. The number of carbonyl (C=O) groups is 3. The average molecular weight is 335 g/mol. The van der Waals surface area contributed by atoms with Crippen LogP contribution in [0.15, 0.2) is 42.5 Å². The van der Waals surface area contributed by atoms with Gasteiger partial charge in [0.05, 0.1) is 24.3 Å². The monoisotopic (exact) mass is 335 g/mol. The van der Waals surface area contributed by atoms with Gasteiger partial charge in [0, 0.05) is 11.3 Å². The van der Waals surface area contributed by atoms with E-state index in [-0.39, 0.29) is 23.6 Å². The molecular weight excluding hydrogens is 322 g/mol. The highest BCUT2D eigenvalue weighted by molar-refractivity contribution is 6.22. The van der Waals surface area contributed by atoms with E-state index in [4.69, 9.17) is 10.00 Å². The minimum Gasteiger partial charge on any atom is -0.497 e. The molecule has 0 aliphatic carbocycles. The normalized spacial score (nSPS) is 12.6. The Bertz CT molecular complexity index is 913. The van der Waals surface area contributed by atoms with E-state index in [1.807, 2.05) is 0 Å². The standard InChI is InChI=1S/C18H13N3O4/c1-25-13-5-2-11(3-6-13)16(22)20-12-4-7-14-15(10-12)18(24)21(9-8-19)17(14)23/h2-7,10H,9H2,1H3,(H,20,22). The first kappa shape index (κ1) is 16.2. The Morgan fingerprint density at radius 3 is 2.44 bits per heavy atom. The average Bonchev–Trinajstić information content (AvgIpc) is 2.87. The lowest BCUT2D eigenvalue weighted by Crippen LogP contribution is -2.29. The first-order valence-electron chi connectivity index (χ1n) is 7.37. The number of carbonyl (C=O) groups excluding carboxylic acids is 3. The zero-order chi connectivity index (χ0) is 18.0. The summed E-state index contributed by atoms with van der Waals surface area (Å²) in [5, 5.41) is 11.4. The van der Waals surface area contributed by atoms with Crippen LogP contribution in [0.4, 0.5) is 5.69 Å². The second kappa shape index (κ2) is 6.45. The summed E-state index contributed by atoms with van der Waals surface area (Å²) in [4.78, 5) is 37.4. The highest BCUT2D eigenvalue weighted by Crippen LogP contribution is 2.26. The molecule has 124 valence electrons. The molecule has 1 heterocycles. The van der Waals surface area contributed by atoms with Crippen LogP contribution in [0.3, 0.4) is 0 Å². The Labute approximate surface area is 143 Å². The molecule has 1 aliphatic rings. The van der Waals surface area contributed by atoms with Gasteiger partial charge < -0.3 is 10.1 Å². The molecule has 0 fully saturated rings. The maximum absolute atomic E-state index is 12.3. The van der Waals surface area contributed by atoms with Gasteiger partial charge in [-0.3, -0.25) is 19.3 Å². The summed E-state index contributed by atoms with van der Waals surface area (Å²) in [5.41, 5.74) is 1.21. The van der Waals surface area contributed by atoms with Crippen molar-refractivity contribution < 1.29 is 19.1 Å². The number of nitrogens with one attached hydrogen (secondary N) is 1. The predicted molar refractivity (Wildman–Crippen MR) is 88.4 cm³/mol. The highest BCUT2D eigenvalue weighted by Gasteiger charge is 2.35. The molecule has 0 aromatic heterocycles. The molecule has 1 N–H and O–H groups in total. The third-order valence-electron chi connectivity index (χ3n) is 3.81. The van der Waals surface area contributed by atoms with Crippen molar-refractivity contribution >= 4 is 23.4 Å². The Hall–Kier alpha value is -3.66. The Morgan fingerprint density at radius 1 is 1.12 bits per heavy atom.